The number of hydrogen-bond acceptors (Lipinski definition) is 7. The van der Waals surface area contributed by atoms with Crippen molar-refractivity contribution in [2.24, 2.45) is 10.9 Å². The third-order valence-corrected chi connectivity index (χ3v) is 5.03. The molecule has 0 spiro atoms. The molecule has 2 heterocycles. The van der Waals surface area contributed by atoms with Crippen molar-refractivity contribution in [3.05, 3.63) is 24.0 Å². The summed E-state index contributed by atoms with van der Waals surface area (Å²) in [6.07, 6.45) is 3.24. The van der Waals surface area contributed by atoms with Crippen molar-refractivity contribution < 1.29 is 19.1 Å². The number of hydrogen-bond donors (Lipinski definition) is 1. The highest BCUT2D eigenvalue weighted by atomic mass is 32.1. The van der Waals surface area contributed by atoms with Gasteiger partial charge in [0.2, 0.25) is 0 Å². The van der Waals surface area contributed by atoms with Crippen LogP contribution in [0.2, 0.25) is 0 Å². The van der Waals surface area contributed by atoms with Gasteiger partial charge < -0.3 is 9.47 Å². The Morgan fingerprint density at radius 3 is 2.89 bits per heavy atom. The number of carbonyl (C=O) groups excluding carboxylic acids is 2. The number of fused-ring (bicyclic) bond motifs is 1. The maximum Gasteiger partial charge on any atom is 0.429 e. The second kappa shape index (κ2) is 7.85. The molecule has 0 unspecified atom stereocenters. The van der Waals surface area contributed by atoms with E-state index in [1.807, 2.05) is 13.0 Å². The molecule has 2 aliphatic rings. The van der Waals surface area contributed by atoms with Gasteiger partial charge in [-0.1, -0.05) is 6.92 Å². The first-order chi connectivity index (χ1) is 13.2. The van der Waals surface area contributed by atoms with Crippen LogP contribution in [0.3, 0.4) is 0 Å². The van der Waals surface area contributed by atoms with E-state index in [2.05, 4.69) is 20.6 Å². The van der Waals surface area contributed by atoms with E-state index >= 15 is 0 Å². The molecule has 0 radical (unpaired) electrons. The molecular weight excluding hydrogens is 380 g/mol. The van der Waals surface area contributed by atoms with Crippen LogP contribution in [0.15, 0.2) is 23.5 Å². The second-order valence-corrected chi connectivity index (χ2v) is 8.37. The van der Waals surface area contributed by atoms with E-state index in [4.69, 9.17) is 21.7 Å². The van der Waals surface area contributed by atoms with Gasteiger partial charge in [0.25, 0.3) is 0 Å². The lowest BCUT2D eigenvalue weighted by Crippen LogP contribution is -2.52. The van der Waals surface area contributed by atoms with Crippen LogP contribution in [0.5, 0.6) is 0 Å². The Bertz CT molecular complexity index is 818. The molecule has 28 heavy (non-hydrogen) atoms. The summed E-state index contributed by atoms with van der Waals surface area (Å²) >= 11 is 4.74. The average Bonchev–Trinajstić information content (AvgIpc) is 2.91. The fourth-order valence-corrected chi connectivity index (χ4v) is 4.00. The topological polar surface area (TPSA) is 93.1 Å². The number of ether oxygens (including phenoxy) is 2. The van der Waals surface area contributed by atoms with Crippen LogP contribution in [0.25, 0.3) is 0 Å². The van der Waals surface area contributed by atoms with Crippen molar-refractivity contribution in [1.29, 1.82) is 0 Å². The summed E-state index contributed by atoms with van der Waals surface area (Å²) in [7, 11) is 0. The van der Waals surface area contributed by atoms with E-state index < -0.39 is 17.8 Å². The van der Waals surface area contributed by atoms with Crippen molar-refractivity contribution in [3.63, 3.8) is 0 Å². The van der Waals surface area contributed by atoms with E-state index in [0.717, 1.165) is 12.0 Å². The maximum atomic E-state index is 12.4. The zero-order valence-corrected chi connectivity index (χ0v) is 17.2. The Morgan fingerprint density at radius 1 is 1.46 bits per heavy atom. The monoisotopic (exact) mass is 404 g/mol. The van der Waals surface area contributed by atoms with Crippen LogP contribution < -0.4 is 5.43 Å². The van der Waals surface area contributed by atoms with E-state index in [1.54, 1.807) is 33.2 Å². The third kappa shape index (κ3) is 4.31. The van der Waals surface area contributed by atoms with Gasteiger partial charge in [-0.15, -0.1) is 0 Å². The Labute approximate surface area is 169 Å². The molecule has 1 saturated heterocycles. The molecule has 0 aromatic carbocycles. The molecular formula is C19H24N4O4S. The normalized spacial score (nSPS) is 26.7. The molecule has 3 rings (SSSR count). The number of isothiocyanates is 1. The van der Waals surface area contributed by atoms with Crippen LogP contribution in [-0.2, 0) is 9.47 Å². The summed E-state index contributed by atoms with van der Waals surface area (Å²) in [5.74, 6) is 0.217. The third-order valence-electron chi connectivity index (χ3n) is 4.94. The molecule has 4 atom stereocenters. The summed E-state index contributed by atoms with van der Waals surface area (Å²) in [6.45, 7) is 7.33. The number of rotatable bonds is 3. The number of carbonyl (C=O) groups is 2. The molecule has 1 aromatic rings. The zero-order valence-electron chi connectivity index (χ0n) is 16.3. The second-order valence-electron chi connectivity index (χ2n) is 8.18. The minimum atomic E-state index is -0.685. The number of amides is 2. The largest absolute Gasteiger partial charge is 0.443 e. The number of hydrazine groups is 1. The van der Waals surface area contributed by atoms with E-state index in [1.165, 1.54) is 5.01 Å². The lowest BCUT2D eigenvalue weighted by molar-refractivity contribution is 0.0304. The molecule has 9 heteroatoms. The van der Waals surface area contributed by atoms with Gasteiger partial charge >= 0.3 is 12.2 Å². The van der Waals surface area contributed by atoms with Crippen LogP contribution in [0.4, 0.5) is 15.3 Å². The van der Waals surface area contributed by atoms with Crippen LogP contribution in [0.1, 0.15) is 52.0 Å². The van der Waals surface area contributed by atoms with Gasteiger partial charge in [0.15, 0.2) is 0 Å². The molecule has 2 fully saturated rings. The van der Waals surface area contributed by atoms with Crippen LogP contribution in [0, 0.1) is 5.92 Å². The molecule has 8 nitrogen and oxygen atoms in total. The number of nitrogens with zero attached hydrogens (tertiary/aromatic N) is 3. The van der Waals surface area contributed by atoms with Gasteiger partial charge in [-0.2, -0.15) is 4.99 Å². The SMILES string of the molecule is C[C@H]1C[C@@H](c2ccncc2N=C=S)C[C@@H]2[C@H]1OC(=O)N2NC(=O)OC(C)(C)C. The molecule has 1 N–H and O–H groups in total. The first-order valence-corrected chi connectivity index (χ1v) is 9.61. The van der Waals surface area contributed by atoms with E-state index in [-0.39, 0.29) is 24.0 Å². The first-order valence-electron chi connectivity index (χ1n) is 9.21. The van der Waals surface area contributed by atoms with Gasteiger partial charge in [-0.05, 0) is 69.3 Å². The molecule has 2 amide bonds. The first kappa shape index (κ1) is 20.2. The van der Waals surface area contributed by atoms with Crippen molar-refractivity contribution in [2.45, 2.75) is 64.2 Å². The maximum absolute atomic E-state index is 12.4. The Hall–Kier alpha value is -2.51. The Morgan fingerprint density at radius 2 is 2.21 bits per heavy atom. The van der Waals surface area contributed by atoms with Gasteiger partial charge in [-0.25, -0.2) is 20.0 Å². The molecule has 0 bridgehead atoms. The van der Waals surface area contributed by atoms with Gasteiger partial charge in [0, 0.05) is 6.20 Å². The van der Waals surface area contributed by atoms with Crippen molar-refractivity contribution >= 4 is 35.3 Å². The summed E-state index contributed by atoms with van der Waals surface area (Å²) < 4.78 is 10.8. The summed E-state index contributed by atoms with van der Waals surface area (Å²) in [4.78, 5) is 32.8. The quantitative estimate of drug-likeness (QED) is 0.605. The van der Waals surface area contributed by atoms with Gasteiger partial charge in [-0.3, -0.25) is 4.98 Å². The van der Waals surface area contributed by atoms with Crippen LogP contribution in [-0.4, -0.2) is 45.1 Å². The predicted molar refractivity (Wildman–Crippen MR) is 105 cm³/mol. The smallest absolute Gasteiger partial charge is 0.429 e. The highest BCUT2D eigenvalue weighted by Crippen LogP contribution is 2.44. The number of aliphatic imine (C=N–C) groups is 1. The van der Waals surface area contributed by atoms with Crippen LogP contribution >= 0.6 is 12.2 Å². The molecule has 1 aliphatic carbocycles. The highest BCUT2D eigenvalue weighted by molar-refractivity contribution is 7.78. The number of pyridine rings is 1. The van der Waals surface area contributed by atoms with Gasteiger partial charge in [0.05, 0.1) is 23.1 Å². The lowest BCUT2D eigenvalue weighted by Gasteiger charge is -2.37. The molecule has 1 aliphatic heterocycles. The number of nitrogens with one attached hydrogen (secondary N) is 1. The number of thiocarbonyl (C=S) groups is 1. The van der Waals surface area contributed by atoms with E-state index in [9.17, 15) is 9.59 Å². The van der Waals surface area contributed by atoms with Crippen molar-refractivity contribution in [2.75, 3.05) is 0 Å². The molecule has 1 saturated carbocycles. The zero-order chi connectivity index (χ0) is 20.5. The number of aromatic nitrogens is 1. The summed E-state index contributed by atoms with van der Waals surface area (Å²) in [5.41, 5.74) is 3.55. The summed E-state index contributed by atoms with van der Waals surface area (Å²) in [5, 5.41) is 3.64. The molecule has 1 aromatic heterocycles. The Kier molecular flexibility index (Phi) is 5.67. The molecule has 150 valence electrons. The van der Waals surface area contributed by atoms with Gasteiger partial charge in [0.1, 0.15) is 11.7 Å². The Balaban J connectivity index is 1.82. The summed E-state index contributed by atoms with van der Waals surface area (Å²) in [6, 6.07) is 1.61. The fraction of sp³-hybridized carbons (Fsp3) is 0.579. The standard InChI is InChI=1S/C19H24N4O4S/c1-11-7-12(13-5-6-20-9-14(13)21-10-28)8-15-16(11)26-18(25)23(15)22-17(24)27-19(2,3)4/h5-6,9,11-12,15-16H,7-8H2,1-4H3,(H,22,24)/t11-,12+,15+,16-/m0/s1. The van der Waals surface area contributed by atoms with Crippen molar-refractivity contribution in [3.8, 4) is 0 Å². The minimum absolute atomic E-state index is 0.107. The predicted octanol–water partition coefficient (Wildman–Crippen LogP) is 3.96. The average molecular weight is 404 g/mol. The lowest BCUT2D eigenvalue weighted by atomic mass is 9.74. The highest BCUT2D eigenvalue weighted by Gasteiger charge is 2.50. The minimum Gasteiger partial charge on any atom is -0.443 e. The fourth-order valence-electron chi connectivity index (χ4n) is 3.91. The van der Waals surface area contributed by atoms with E-state index in [0.29, 0.717) is 12.1 Å². The van der Waals surface area contributed by atoms with Crippen molar-refractivity contribution in [1.82, 2.24) is 15.4 Å².